The van der Waals surface area contributed by atoms with Gasteiger partial charge in [0, 0.05) is 11.8 Å². The maximum atomic E-state index is 13.3. The van der Waals surface area contributed by atoms with Gasteiger partial charge in [-0.15, -0.1) is 0 Å². The van der Waals surface area contributed by atoms with E-state index in [1.807, 2.05) is 0 Å². The second kappa shape index (κ2) is 5.80. The van der Waals surface area contributed by atoms with E-state index in [4.69, 9.17) is 0 Å². The van der Waals surface area contributed by atoms with Crippen LogP contribution in [0.1, 0.15) is 67.6 Å². The molecule has 4 aliphatic carbocycles. The molecule has 2 saturated carbocycles. The molecule has 0 N–H and O–H groups in total. The number of Topliss-reactive ketones (excluding diaryl/α,β-unsaturated/α-hetero) is 1. The number of fused-ring (bicyclic) bond motifs is 5. The molecule has 4 aliphatic rings. The quantitative estimate of drug-likeness (QED) is 0.561. The molecule has 0 saturated heterocycles. The van der Waals surface area contributed by atoms with Crippen LogP contribution in [0.4, 0.5) is 0 Å². The summed E-state index contributed by atoms with van der Waals surface area (Å²) in [5.74, 6) is 2.37. The van der Waals surface area contributed by atoms with Crippen LogP contribution in [0.25, 0.3) is 10.8 Å². The van der Waals surface area contributed by atoms with E-state index in [0.717, 1.165) is 12.8 Å². The van der Waals surface area contributed by atoms with Crippen LogP contribution in [0.5, 0.6) is 0 Å². The van der Waals surface area contributed by atoms with Gasteiger partial charge in [-0.1, -0.05) is 61.7 Å². The number of benzene rings is 2. The van der Waals surface area contributed by atoms with E-state index in [0.29, 0.717) is 30.0 Å². The largest absolute Gasteiger partial charge is 0.299 e. The van der Waals surface area contributed by atoms with Gasteiger partial charge in [-0.25, -0.2) is 0 Å². The van der Waals surface area contributed by atoms with Gasteiger partial charge in [-0.3, -0.25) is 4.79 Å². The summed E-state index contributed by atoms with van der Waals surface area (Å²) in [6.45, 7) is 0. The van der Waals surface area contributed by atoms with Gasteiger partial charge in [0.2, 0.25) is 0 Å². The molecule has 1 heteroatoms. The molecule has 2 bridgehead atoms. The van der Waals surface area contributed by atoms with Crippen LogP contribution < -0.4 is 0 Å². The highest BCUT2D eigenvalue weighted by atomic mass is 16.1. The SMILES string of the molecule is O=C1Cc2cc3c(C4CCCCC4)cccc3cc2CC12CC1C=CC2C1. The number of carbonyl (C=O) groups is 1. The lowest BCUT2D eigenvalue weighted by Crippen LogP contribution is -2.41. The topological polar surface area (TPSA) is 17.1 Å². The molecule has 0 aliphatic heterocycles. The third-order valence-corrected chi connectivity index (χ3v) is 8.20. The lowest BCUT2D eigenvalue weighted by atomic mass is 9.63. The van der Waals surface area contributed by atoms with Crippen molar-refractivity contribution in [3.63, 3.8) is 0 Å². The Morgan fingerprint density at radius 3 is 2.63 bits per heavy atom. The van der Waals surface area contributed by atoms with Gasteiger partial charge < -0.3 is 0 Å². The first-order valence-electron chi connectivity index (χ1n) is 11.0. The summed E-state index contributed by atoms with van der Waals surface area (Å²) in [6, 6.07) is 11.7. The van der Waals surface area contributed by atoms with Crippen molar-refractivity contribution in [3.8, 4) is 0 Å². The Bertz CT molecular complexity index is 962. The van der Waals surface area contributed by atoms with Crippen LogP contribution in [0, 0.1) is 17.3 Å². The molecule has 2 aromatic rings. The predicted molar refractivity (Wildman–Crippen MR) is 110 cm³/mol. The Balaban J connectivity index is 1.44. The molecule has 0 amide bonds. The van der Waals surface area contributed by atoms with Gasteiger partial charge in [0.05, 0.1) is 0 Å². The van der Waals surface area contributed by atoms with Gasteiger partial charge in [0.15, 0.2) is 0 Å². The predicted octanol–water partition coefficient (Wildman–Crippen LogP) is 6.14. The van der Waals surface area contributed by atoms with Gasteiger partial charge in [0.1, 0.15) is 5.78 Å². The third kappa shape index (κ3) is 2.33. The zero-order valence-electron chi connectivity index (χ0n) is 16.0. The fourth-order valence-electron chi connectivity index (χ4n) is 6.81. The molecule has 3 atom stereocenters. The monoisotopic (exact) mass is 356 g/mol. The first-order chi connectivity index (χ1) is 13.2. The molecule has 2 aromatic carbocycles. The van der Waals surface area contributed by atoms with Gasteiger partial charge in [0.25, 0.3) is 0 Å². The number of carbonyl (C=O) groups excluding carboxylic acids is 1. The second-order valence-electron chi connectivity index (χ2n) is 9.65. The fourth-order valence-corrected chi connectivity index (χ4v) is 6.81. The maximum absolute atomic E-state index is 13.3. The van der Waals surface area contributed by atoms with Crippen LogP contribution in [0.15, 0.2) is 42.5 Å². The van der Waals surface area contributed by atoms with Crippen molar-refractivity contribution in [2.75, 3.05) is 0 Å². The lowest BCUT2D eigenvalue weighted by Gasteiger charge is -2.38. The molecule has 0 heterocycles. The smallest absolute Gasteiger partial charge is 0.144 e. The Morgan fingerprint density at radius 1 is 0.963 bits per heavy atom. The summed E-state index contributed by atoms with van der Waals surface area (Å²) in [5.41, 5.74) is 4.21. The fraction of sp³-hybridized carbons (Fsp3) is 0.500. The molecule has 0 aromatic heterocycles. The van der Waals surface area contributed by atoms with E-state index in [1.165, 1.54) is 66.0 Å². The van der Waals surface area contributed by atoms with Crippen LogP contribution in [0.2, 0.25) is 0 Å². The van der Waals surface area contributed by atoms with E-state index < -0.39 is 0 Å². The number of hydrogen-bond donors (Lipinski definition) is 0. The van der Waals surface area contributed by atoms with Crippen LogP contribution >= 0.6 is 0 Å². The number of ketones is 1. The highest BCUT2D eigenvalue weighted by Gasteiger charge is 2.54. The third-order valence-electron chi connectivity index (χ3n) is 8.20. The Labute approximate surface area is 161 Å². The lowest BCUT2D eigenvalue weighted by molar-refractivity contribution is -0.130. The average molecular weight is 357 g/mol. The normalized spacial score (nSPS) is 32.5. The molecule has 138 valence electrons. The highest BCUT2D eigenvalue weighted by molar-refractivity contribution is 5.94. The van der Waals surface area contributed by atoms with Crippen molar-refractivity contribution in [3.05, 3.63) is 59.2 Å². The molecule has 27 heavy (non-hydrogen) atoms. The van der Waals surface area contributed by atoms with Crippen molar-refractivity contribution >= 4 is 16.6 Å². The Kier molecular flexibility index (Phi) is 3.46. The molecule has 6 rings (SSSR count). The van der Waals surface area contributed by atoms with Crippen LogP contribution in [-0.4, -0.2) is 5.78 Å². The number of allylic oxidation sites excluding steroid dienone is 2. The molecule has 1 nitrogen and oxygen atoms in total. The Hall–Kier alpha value is -1.89. The van der Waals surface area contributed by atoms with Crippen molar-refractivity contribution in [2.24, 2.45) is 17.3 Å². The van der Waals surface area contributed by atoms with E-state index in [-0.39, 0.29) is 5.41 Å². The first kappa shape index (κ1) is 16.1. The second-order valence-corrected chi connectivity index (χ2v) is 9.65. The van der Waals surface area contributed by atoms with E-state index in [1.54, 1.807) is 0 Å². The summed E-state index contributed by atoms with van der Waals surface area (Å²) >= 11 is 0. The minimum absolute atomic E-state index is 0.0823. The maximum Gasteiger partial charge on any atom is 0.144 e. The average Bonchev–Trinajstić information content (AvgIpc) is 3.30. The number of hydrogen-bond acceptors (Lipinski definition) is 1. The molecule has 2 fully saturated rings. The van der Waals surface area contributed by atoms with Gasteiger partial charge in [-0.05, 0) is 77.3 Å². The van der Waals surface area contributed by atoms with Gasteiger partial charge in [-0.2, -0.15) is 0 Å². The standard InChI is InChI=1S/C26H28O/c27-25-14-20-13-24-19(7-4-8-23(24)18-5-2-1-3-6-18)12-21(20)16-26(25)15-17-9-10-22(26)11-17/h4,7-10,12-13,17-18,22H,1-3,5-6,11,14-16H2. The zero-order valence-corrected chi connectivity index (χ0v) is 16.0. The zero-order chi connectivity index (χ0) is 18.0. The minimum atomic E-state index is -0.0823. The summed E-state index contributed by atoms with van der Waals surface area (Å²) < 4.78 is 0. The molecule has 3 unspecified atom stereocenters. The summed E-state index contributed by atoms with van der Waals surface area (Å²) in [6.07, 6.45) is 15.4. The van der Waals surface area contributed by atoms with E-state index >= 15 is 0 Å². The molecule has 0 radical (unpaired) electrons. The van der Waals surface area contributed by atoms with Crippen molar-refractivity contribution in [1.82, 2.24) is 0 Å². The molecular weight excluding hydrogens is 328 g/mol. The van der Waals surface area contributed by atoms with Crippen molar-refractivity contribution in [1.29, 1.82) is 0 Å². The summed E-state index contributed by atoms with van der Waals surface area (Å²) in [7, 11) is 0. The first-order valence-corrected chi connectivity index (χ1v) is 11.0. The van der Waals surface area contributed by atoms with E-state index in [2.05, 4.69) is 42.5 Å². The van der Waals surface area contributed by atoms with Crippen LogP contribution in [0.3, 0.4) is 0 Å². The van der Waals surface area contributed by atoms with Gasteiger partial charge >= 0.3 is 0 Å². The number of rotatable bonds is 1. The molecular formula is C26H28O. The Morgan fingerprint density at radius 2 is 1.85 bits per heavy atom. The highest BCUT2D eigenvalue weighted by Crippen LogP contribution is 2.56. The minimum Gasteiger partial charge on any atom is -0.299 e. The van der Waals surface area contributed by atoms with Crippen molar-refractivity contribution in [2.45, 2.75) is 63.7 Å². The van der Waals surface area contributed by atoms with Crippen LogP contribution in [-0.2, 0) is 17.6 Å². The molecule has 1 spiro atoms. The van der Waals surface area contributed by atoms with Crippen molar-refractivity contribution < 1.29 is 4.79 Å². The summed E-state index contributed by atoms with van der Waals surface area (Å²) in [5, 5.41) is 2.81. The summed E-state index contributed by atoms with van der Waals surface area (Å²) in [4.78, 5) is 13.3. The van der Waals surface area contributed by atoms with E-state index in [9.17, 15) is 4.79 Å².